The van der Waals surface area contributed by atoms with Crippen molar-refractivity contribution in [3.8, 4) is 0 Å². The van der Waals surface area contributed by atoms with Crippen LogP contribution in [0.2, 0.25) is 0 Å². The first kappa shape index (κ1) is 15.6. The van der Waals surface area contributed by atoms with Crippen molar-refractivity contribution in [2.24, 2.45) is 0 Å². The van der Waals surface area contributed by atoms with Crippen LogP contribution in [0.3, 0.4) is 0 Å². The summed E-state index contributed by atoms with van der Waals surface area (Å²) in [7, 11) is -3.26. The number of sulfonamides is 1. The highest BCUT2D eigenvalue weighted by atomic mass is 32.2. The van der Waals surface area contributed by atoms with E-state index in [1.165, 1.54) is 11.3 Å². The van der Waals surface area contributed by atoms with E-state index in [-0.39, 0.29) is 11.8 Å². The molecule has 0 radical (unpaired) electrons. The Morgan fingerprint density at radius 3 is 2.56 bits per heavy atom. The molecule has 0 bridgehead atoms. The fourth-order valence-corrected chi connectivity index (χ4v) is 3.44. The molecular formula is C11H21N3O2S2. The summed E-state index contributed by atoms with van der Waals surface area (Å²) in [5.74, 6) is 0.0832. The molecule has 18 heavy (non-hydrogen) atoms. The summed E-state index contributed by atoms with van der Waals surface area (Å²) in [5, 5.41) is 3.89. The highest BCUT2D eigenvalue weighted by Crippen LogP contribution is 2.19. The maximum absolute atomic E-state index is 11.8. The molecule has 0 aliphatic rings. The molecule has 1 unspecified atom stereocenters. The van der Waals surface area contributed by atoms with Gasteiger partial charge in [-0.15, -0.1) is 11.3 Å². The van der Waals surface area contributed by atoms with E-state index in [9.17, 15) is 8.42 Å². The topological polar surface area (TPSA) is 71.1 Å². The molecule has 2 N–H and O–H groups in total. The first-order valence-corrected chi connectivity index (χ1v) is 8.43. The SMILES string of the molecule is Cc1cnc(C(C)NS(=O)(=O)CCNC(C)C)s1. The Labute approximate surface area is 113 Å². The van der Waals surface area contributed by atoms with E-state index in [0.717, 1.165) is 9.88 Å². The summed E-state index contributed by atoms with van der Waals surface area (Å²) in [5.41, 5.74) is 0. The van der Waals surface area contributed by atoms with Crippen LogP contribution >= 0.6 is 11.3 Å². The molecule has 1 aromatic rings. The molecule has 0 aliphatic heterocycles. The van der Waals surface area contributed by atoms with Crippen LogP contribution in [0.1, 0.15) is 36.7 Å². The average molecular weight is 291 g/mol. The minimum Gasteiger partial charge on any atom is -0.313 e. The molecule has 0 saturated heterocycles. The number of nitrogens with zero attached hydrogens (tertiary/aromatic N) is 1. The number of hydrogen-bond acceptors (Lipinski definition) is 5. The third-order valence-electron chi connectivity index (χ3n) is 2.29. The maximum Gasteiger partial charge on any atom is 0.213 e. The van der Waals surface area contributed by atoms with Crippen LogP contribution in [0.25, 0.3) is 0 Å². The van der Waals surface area contributed by atoms with Gasteiger partial charge in [0.1, 0.15) is 5.01 Å². The molecule has 1 rings (SSSR count). The molecule has 0 aromatic carbocycles. The van der Waals surface area contributed by atoms with Crippen LogP contribution in [0, 0.1) is 6.92 Å². The van der Waals surface area contributed by atoms with Crippen LogP contribution in [0.15, 0.2) is 6.20 Å². The zero-order valence-electron chi connectivity index (χ0n) is 11.2. The molecule has 0 spiro atoms. The Bertz CT molecular complexity index is 468. The quantitative estimate of drug-likeness (QED) is 0.797. The lowest BCUT2D eigenvalue weighted by atomic mass is 10.4. The summed E-state index contributed by atoms with van der Waals surface area (Å²) in [6, 6.07) is 0.0204. The van der Waals surface area contributed by atoms with Crippen molar-refractivity contribution in [3.63, 3.8) is 0 Å². The second kappa shape index (κ2) is 6.60. The van der Waals surface area contributed by atoms with Crippen LogP contribution in [0.4, 0.5) is 0 Å². The second-order valence-electron chi connectivity index (χ2n) is 4.58. The highest BCUT2D eigenvalue weighted by molar-refractivity contribution is 7.89. The molecular weight excluding hydrogens is 270 g/mol. The van der Waals surface area contributed by atoms with Crippen molar-refractivity contribution in [1.29, 1.82) is 0 Å². The van der Waals surface area contributed by atoms with Crippen molar-refractivity contribution in [2.75, 3.05) is 12.3 Å². The molecule has 7 heteroatoms. The number of nitrogens with one attached hydrogen (secondary N) is 2. The van der Waals surface area contributed by atoms with Gasteiger partial charge in [-0.1, -0.05) is 13.8 Å². The van der Waals surface area contributed by atoms with E-state index in [2.05, 4.69) is 15.0 Å². The molecule has 104 valence electrons. The molecule has 1 atom stereocenters. The Morgan fingerprint density at radius 2 is 2.06 bits per heavy atom. The number of aromatic nitrogens is 1. The molecule has 0 fully saturated rings. The van der Waals surface area contributed by atoms with Gasteiger partial charge < -0.3 is 5.32 Å². The summed E-state index contributed by atoms with van der Waals surface area (Å²) in [6.07, 6.45) is 1.76. The zero-order valence-corrected chi connectivity index (χ0v) is 12.9. The van der Waals surface area contributed by atoms with E-state index >= 15 is 0 Å². The van der Waals surface area contributed by atoms with Gasteiger partial charge >= 0.3 is 0 Å². The van der Waals surface area contributed by atoms with Crippen LogP contribution < -0.4 is 10.0 Å². The minimum absolute atomic E-state index is 0.0832. The van der Waals surface area contributed by atoms with Gasteiger partial charge in [-0.25, -0.2) is 18.1 Å². The number of rotatable bonds is 7. The first-order chi connectivity index (χ1) is 8.30. The third-order valence-corrected chi connectivity index (χ3v) is 4.84. The van der Waals surface area contributed by atoms with Gasteiger partial charge in [0, 0.05) is 23.7 Å². The van der Waals surface area contributed by atoms with E-state index in [1.807, 2.05) is 27.7 Å². The average Bonchev–Trinajstić information content (AvgIpc) is 2.63. The second-order valence-corrected chi connectivity index (χ2v) is 7.72. The molecule has 1 heterocycles. The smallest absolute Gasteiger partial charge is 0.213 e. The molecule has 0 saturated carbocycles. The Balaban J connectivity index is 2.50. The molecule has 1 aromatic heterocycles. The lowest BCUT2D eigenvalue weighted by molar-refractivity contribution is 0.555. The van der Waals surface area contributed by atoms with Crippen LogP contribution in [-0.2, 0) is 10.0 Å². The van der Waals surface area contributed by atoms with Crippen LogP contribution in [-0.4, -0.2) is 31.7 Å². The molecule has 5 nitrogen and oxygen atoms in total. The number of hydrogen-bond donors (Lipinski definition) is 2. The molecule has 0 aliphatic carbocycles. The first-order valence-electron chi connectivity index (χ1n) is 5.96. The largest absolute Gasteiger partial charge is 0.313 e. The summed E-state index contributed by atoms with van der Waals surface area (Å²) in [6.45, 7) is 8.19. The standard InChI is InChI=1S/C11H21N3O2S2/c1-8(2)12-5-6-18(15,16)14-10(4)11-13-7-9(3)17-11/h7-8,10,12,14H,5-6H2,1-4H3. The van der Waals surface area contributed by atoms with Gasteiger partial charge in [0.2, 0.25) is 10.0 Å². The van der Waals surface area contributed by atoms with Gasteiger partial charge in [-0.2, -0.15) is 0 Å². The zero-order chi connectivity index (χ0) is 13.8. The van der Waals surface area contributed by atoms with E-state index in [1.54, 1.807) is 6.20 Å². The monoisotopic (exact) mass is 291 g/mol. The van der Waals surface area contributed by atoms with Crippen molar-refractivity contribution < 1.29 is 8.42 Å². The Morgan fingerprint density at radius 1 is 1.39 bits per heavy atom. The predicted molar refractivity (Wildman–Crippen MR) is 75.3 cm³/mol. The number of aryl methyl sites for hydroxylation is 1. The van der Waals surface area contributed by atoms with E-state index < -0.39 is 10.0 Å². The number of thiazole rings is 1. The van der Waals surface area contributed by atoms with Gasteiger partial charge in [-0.05, 0) is 13.8 Å². The third kappa shape index (κ3) is 5.43. The van der Waals surface area contributed by atoms with E-state index in [0.29, 0.717) is 12.6 Å². The van der Waals surface area contributed by atoms with Crippen molar-refractivity contribution in [1.82, 2.24) is 15.0 Å². The van der Waals surface area contributed by atoms with Crippen molar-refractivity contribution in [2.45, 2.75) is 39.8 Å². The van der Waals surface area contributed by atoms with Crippen molar-refractivity contribution >= 4 is 21.4 Å². The van der Waals surface area contributed by atoms with Gasteiger partial charge in [-0.3, -0.25) is 0 Å². The lowest BCUT2D eigenvalue weighted by Gasteiger charge is -2.13. The highest BCUT2D eigenvalue weighted by Gasteiger charge is 2.17. The normalized spacial score (nSPS) is 14.1. The predicted octanol–water partition coefficient (Wildman–Crippen LogP) is 1.43. The summed E-state index contributed by atoms with van der Waals surface area (Å²) in [4.78, 5) is 5.27. The summed E-state index contributed by atoms with van der Waals surface area (Å²) >= 11 is 1.51. The van der Waals surface area contributed by atoms with Gasteiger partial charge in [0.25, 0.3) is 0 Å². The van der Waals surface area contributed by atoms with Crippen molar-refractivity contribution in [3.05, 3.63) is 16.1 Å². The Hall–Kier alpha value is -0.500. The lowest BCUT2D eigenvalue weighted by Crippen LogP contribution is -2.35. The van der Waals surface area contributed by atoms with Crippen LogP contribution in [0.5, 0.6) is 0 Å². The summed E-state index contributed by atoms with van der Waals surface area (Å²) < 4.78 is 26.3. The fraction of sp³-hybridized carbons (Fsp3) is 0.727. The van der Waals surface area contributed by atoms with Gasteiger partial charge in [0.15, 0.2) is 0 Å². The maximum atomic E-state index is 11.8. The molecule has 0 amide bonds. The fourth-order valence-electron chi connectivity index (χ4n) is 1.43. The van der Waals surface area contributed by atoms with E-state index in [4.69, 9.17) is 0 Å². The minimum atomic E-state index is -3.26. The Kier molecular flexibility index (Phi) is 5.71. The van der Waals surface area contributed by atoms with Gasteiger partial charge in [0.05, 0.1) is 11.8 Å².